The van der Waals surface area contributed by atoms with Gasteiger partial charge in [-0.1, -0.05) is 24.3 Å². The molecule has 1 atom stereocenters. The lowest BCUT2D eigenvalue weighted by atomic mass is 10.0. The molecule has 1 aromatic heterocycles. The van der Waals surface area contributed by atoms with Gasteiger partial charge in [-0.2, -0.15) is 0 Å². The minimum Gasteiger partial charge on any atom is -0.494 e. The van der Waals surface area contributed by atoms with Gasteiger partial charge in [-0.3, -0.25) is 4.90 Å². The van der Waals surface area contributed by atoms with Crippen LogP contribution in [0.3, 0.4) is 0 Å². The summed E-state index contributed by atoms with van der Waals surface area (Å²) >= 11 is 0. The molecule has 25 heavy (non-hydrogen) atoms. The predicted molar refractivity (Wildman–Crippen MR) is 94.0 cm³/mol. The van der Waals surface area contributed by atoms with Crippen molar-refractivity contribution in [2.75, 3.05) is 33.4 Å². The molecule has 2 aromatic rings. The summed E-state index contributed by atoms with van der Waals surface area (Å²) in [5.41, 5.74) is 2.58. The second-order valence-electron chi connectivity index (χ2n) is 6.00. The summed E-state index contributed by atoms with van der Waals surface area (Å²) in [6.07, 6.45) is 0. The van der Waals surface area contributed by atoms with E-state index in [1.165, 1.54) is 11.6 Å². The van der Waals surface area contributed by atoms with Gasteiger partial charge in [-0.25, -0.2) is 9.78 Å². The zero-order valence-electron chi connectivity index (χ0n) is 14.4. The Morgan fingerprint density at radius 1 is 1.20 bits per heavy atom. The molecule has 1 N–H and O–H groups in total. The number of nitrogens with zero attached hydrogens (tertiary/aromatic N) is 2. The normalized spacial score (nSPS) is 16.4. The van der Waals surface area contributed by atoms with E-state index in [0.29, 0.717) is 17.5 Å². The number of pyridine rings is 1. The highest BCUT2D eigenvalue weighted by atomic mass is 16.5. The zero-order chi connectivity index (χ0) is 17.8. The van der Waals surface area contributed by atoms with Gasteiger partial charge in [-0.15, -0.1) is 0 Å². The largest absolute Gasteiger partial charge is 0.494 e. The molecule has 0 radical (unpaired) electrons. The van der Waals surface area contributed by atoms with Crippen molar-refractivity contribution in [3.8, 4) is 17.0 Å². The van der Waals surface area contributed by atoms with E-state index in [0.717, 1.165) is 31.9 Å². The number of benzene rings is 1. The van der Waals surface area contributed by atoms with E-state index >= 15 is 0 Å². The molecule has 1 aromatic carbocycles. The summed E-state index contributed by atoms with van der Waals surface area (Å²) < 4.78 is 10.7. The first kappa shape index (κ1) is 17.4. The van der Waals surface area contributed by atoms with Crippen LogP contribution in [0.25, 0.3) is 11.3 Å². The highest BCUT2D eigenvalue weighted by Crippen LogP contribution is 2.30. The lowest BCUT2D eigenvalue weighted by Gasteiger charge is -2.32. The SMILES string of the molecule is COc1ccc(C(=O)O)nc1-c1ccc(C(C)N2CCOCC2)cc1. The number of morpholine rings is 1. The van der Waals surface area contributed by atoms with Crippen molar-refractivity contribution in [1.82, 2.24) is 9.88 Å². The molecular formula is C19H22N2O4. The average molecular weight is 342 g/mol. The number of carboxylic acids is 1. The van der Waals surface area contributed by atoms with Crippen molar-refractivity contribution < 1.29 is 19.4 Å². The number of hydrogen-bond acceptors (Lipinski definition) is 5. The molecule has 0 saturated carbocycles. The molecule has 2 heterocycles. The summed E-state index contributed by atoms with van der Waals surface area (Å²) in [7, 11) is 1.55. The zero-order valence-corrected chi connectivity index (χ0v) is 14.4. The molecule has 0 bridgehead atoms. The lowest BCUT2D eigenvalue weighted by molar-refractivity contribution is 0.0198. The monoisotopic (exact) mass is 342 g/mol. The van der Waals surface area contributed by atoms with Crippen molar-refractivity contribution >= 4 is 5.97 Å². The quantitative estimate of drug-likeness (QED) is 0.901. The first-order valence-corrected chi connectivity index (χ1v) is 8.30. The van der Waals surface area contributed by atoms with Crippen LogP contribution in [-0.4, -0.2) is 54.4 Å². The maximum Gasteiger partial charge on any atom is 0.354 e. The minimum atomic E-state index is -1.05. The summed E-state index contributed by atoms with van der Waals surface area (Å²) in [4.78, 5) is 17.8. The molecule has 1 fully saturated rings. The average Bonchev–Trinajstić information content (AvgIpc) is 2.67. The van der Waals surface area contributed by atoms with E-state index in [1.54, 1.807) is 13.2 Å². The van der Waals surface area contributed by atoms with E-state index in [1.807, 2.05) is 12.1 Å². The van der Waals surface area contributed by atoms with E-state index in [-0.39, 0.29) is 5.69 Å². The van der Waals surface area contributed by atoms with Gasteiger partial charge in [0.1, 0.15) is 17.1 Å². The fourth-order valence-electron chi connectivity index (χ4n) is 3.03. The van der Waals surface area contributed by atoms with Crippen LogP contribution >= 0.6 is 0 Å². The molecule has 1 aliphatic rings. The number of carboxylic acid groups (broad SMARTS) is 1. The number of carbonyl (C=O) groups is 1. The Labute approximate surface area is 147 Å². The molecule has 132 valence electrons. The van der Waals surface area contributed by atoms with Crippen LogP contribution in [-0.2, 0) is 4.74 Å². The van der Waals surface area contributed by atoms with Gasteiger partial charge in [0.25, 0.3) is 0 Å². The van der Waals surface area contributed by atoms with Crippen LogP contribution in [0.15, 0.2) is 36.4 Å². The molecule has 0 amide bonds. The Kier molecular flexibility index (Phi) is 5.31. The van der Waals surface area contributed by atoms with Gasteiger partial charge in [0, 0.05) is 24.7 Å². The third-order valence-electron chi connectivity index (χ3n) is 4.56. The molecule has 3 rings (SSSR count). The third-order valence-corrected chi connectivity index (χ3v) is 4.56. The smallest absolute Gasteiger partial charge is 0.354 e. The van der Waals surface area contributed by atoms with E-state index in [9.17, 15) is 4.79 Å². The molecule has 0 spiro atoms. The van der Waals surface area contributed by atoms with Crippen LogP contribution in [0.2, 0.25) is 0 Å². The molecular weight excluding hydrogens is 320 g/mol. The number of hydrogen-bond donors (Lipinski definition) is 1. The molecule has 6 heteroatoms. The fraction of sp³-hybridized carbons (Fsp3) is 0.368. The second kappa shape index (κ2) is 7.63. The molecule has 1 unspecified atom stereocenters. The van der Waals surface area contributed by atoms with Crippen LogP contribution in [0.1, 0.15) is 29.0 Å². The molecule has 1 aliphatic heterocycles. The predicted octanol–water partition coefficient (Wildman–Crippen LogP) is 2.85. The number of rotatable bonds is 5. The topological polar surface area (TPSA) is 71.9 Å². The van der Waals surface area contributed by atoms with Crippen molar-refractivity contribution in [3.63, 3.8) is 0 Å². The van der Waals surface area contributed by atoms with Crippen molar-refractivity contribution in [2.45, 2.75) is 13.0 Å². The lowest BCUT2D eigenvalue weighted by Crippen LogP contribution is -2.37. The van der Waals surface area contributed by atoms with Gasteiger partial charge in [-0.05, 0) is 24.6 Å². The van der Waals surface area contributed by atoms with Crippen molar-refractivity contribution in [2.24, 2.45) is 0 Å². The Hall–Kier alpha value is -2.44. The highest BCUT2D eigenvalue weighted by molar-refractivity contribution is 5.86. The van der Waals surface area contributed by atoms with Gasteiger partial charge >= 0.3 is 5.97 Å². The van der Waals surface area contributed by atoms with Crippen LogP contribution in [0.4, 0.5) is 0 Å². The van der Waals surface area contributed by atoms with Crippen molar-refractivity contribution in [3.05, 3.63) is 47.7 Å². The molecule has 6 nitrogen and oxygen atoms in total. The van der Waals surface area contributed by atoms with Crippen LogP contribution in [0, 0.1) is 0 Å². The molecule has 1 saturated heterocycles. The Morgan fingerprint density at radius 2 is 1.88 bits per heavy atom. The van der Waals surface area contributed by atoms with Gasteiger partial charge < -0.3 is 14.6 Å². The van der Waals surface area contributed by atoms with Gasteiger partial charge in [0.15, 0.2) is 0 Å². The number of aromatic carboxylic acids is 1. The number of aromatic nitrogens is 1. The number of methoxy groups -OCH3 is 1. The summed E-state index contributed by atoms with van der Waals surface area (Å²) in [6.45, 7) is 5.58. The maximum atomic E-state index is 11.2. The standard InChI is InChI=1S/C19H22N2O4/c1-13(21-9-11-25-12-10-21)14-3-5-15(6-4-14)18-17(24-2)8-7-16(20-18)19(22)23/h3-8,13H,9-12H2,1-2H3,(H,22,23). The summed E-state index contributed by atoms with van der Waals surface area (Å²) in [6, 6.07) is 11.4. The van der Waals surface area contributed by atoms with E-state index < -0.39 is 5.97 Å². The summed E-state index contributed by atoms with van der Waals surface area (Å²) in [5.74, 6) is -0.500. The summed E-state index contributed by atoms with van der Waals surface area (Å²) in [5, 5.41) is 9.16. The first-order chi connectivity index (χ1) is 12.1. The maximum absolute atomic E-state index is 11.2. The van der Waals surface area contributed by atoms with Crippen LogP contribution in [0.5, 0.6) is 5.75 Å². The van der Waals surface area contributed by atoms with Crippen molar-refractivity contribution in [1.29, 1.82) is 0 Å². The first-order valence-electron chi connectivity index (χ1n) is 8.30. The van der Waals surface area contributed by atoms with E-state index in [4.69, 9.17) is 14.6 Å². The Balaban J connectivity index is 1.87. The van der Waals surface area contributed by atoms with Gasteiger partial charge in [0.2, 0.25) is 0 Å². The Morgan fingerprint density at radius 3 is 2.48 bits per heavy atom. The highest BCUT2D eigenvalue weighted by Gasteiger charge is 2.19. The minimum absolute atomic E-state index is 0.00145. The number of ether oxygens (including phenoxy) is 2. The Bertz CT molecular complexity index is 740. The molecule has 0 aliphatic carbocycles. The van der Waals surface area contributed by atoms with E-state index in [2.05, 4.69) is 28.9 Å². The van der Waals surface area contributed by atoms with Gasteiger partial charge in [0.05, 0.1) is 20.3 Å². The third kappa shape index (κ3) is 3.81. The second-order valence-corrected chi connectivity index (χ2v) is 6.00. The fourth-order valence-corrected chi connectivity index (χ4v) is 3.03. The van der Waals surface area contributed by atoms with Crippen LogP contribution < -0.4 is 4.74 Å².